The van der Waals surface area contributed by atoms with E-state index in [1.807, 2.05) is 89.7 Å². The molecule has 0 aliphatic carbocycles. The molecule has 5 aromatic rings. The monoisotopic (exact) mass is 450 g/mol. The van der Waals surface area contributed by atoms with E-state index in [2.05, 4.69) is 23.9 Å². The Morgan fingerprint density at radius 3 is 2.21 bits per heavy atom. The van der Waals surface area contributed by atoms with Gasteiger partial charge in [-0.25, -0.2) is 4.68 Å². The Bertz CT molecular complexity index is 1390. The highest BCUT2D eigenvalue weighted by Gasteiger charge is 2.15. The Labute approximate surface area is 198 Å². The molecule has 2 N–H and O–H groups in total. The van der Waals surface area contributed by atoms with Gasteiger partial charge in [-0.2, -0.15) is 0 Å². The fraction of sp³-hybridized carbons (Fsp3) is 0.143. The van der Waals surface area contributed by atoms with Crippen molar-refractivity contribution >= 4 is 16.7 Å². The normalized spacial score (nSPS) is 11.1. The number of ether oxygens (including phenoxy) is 2. The van der Waals surface area contributed by atoms with Gasteiger partial charge in [-0.3, -0.25) is 4.98 Å². The first kappa shape index (κ1) is 21.5. The molecule has 0 saturated heterocycles. The van der Waals surface area contributed by atoms with Gasteiger partial charge >= 0.3 is 0 Å². The lowest BCUT2D eigenvalue weighted by Gasteiger charge is -2.10. The lowest BCUT2D eigenvalue weighted by Crippen LogP contribution is -2.04. The Hall–Kier alpha value is -4.32. The van der Waals surface area contributed by atoms with Crippen LogP contribution in [0, 0.1) is 5.92 Å². The fourth-order valence-corrected chi connectivity index (χ4v) is 3.78. The van der Waals surface area contributed by atoms with Gasteiger partial charge in [0.2, 0.25) is 0 Å². The summed E-state index contributed by atoms with van der Waals surface area (Å²) in [6, 6.07) is 25.5. The Morgan fingerprint density at radius 1 is 0.824 bits per heavy atom. The number of hydrogen-bond donors (Lipinski definition) is 1. The van der Waals surface area contributed by atoms with E-state index in [1.54, 1.807) is 6.20 Å². The van der Waals surface area contributed by atoms with Gasteiger partial charge in [-0.15, -0.1) is 5.10 Å². The summed E-state index contributed by atoms with van der Waals surface area (Å²) < 4.78 is 13.5. The first-order valence-corrected chi connectivity index (χ1v) is 11.3. The van der Waals surface area contributed by atoms with E-state index in [1.165, 1.54) is 0 Å². The maximum Gasteiger partial charge on any atom is 0.154 e. The van der Waals surface area contributed by atoms with Crippen LogP contribution in [0.2, 0.25) is 0 Å². The topological polar surface area (TPSA) is 75.2 Å². The van der Waals surface area contributed by atoms with Gasteiger partial charge in [0.05, 0.1) is 29.4 Å². The number of fused-ring (bicyclic) bond motifs is 1. The van der Waals surface area contributed by atoms with Crippen LogP contribution in [0.1, 0.15) is 13.8 Å². The van der Waals surface area contributed by atoms with Crippen molar-refractivity contribution in [1.82, 2.24) is 14.8 Å². The molecule has 0 amide bonds. The molecule has 0 atom stereocenters. The summed E-state index contributed by atoms with van der Waals surface area (Å²) in [6.07, 6.45) is 3.61. The molecule has 0 fully saturated rings. The Kier molecular flexibility index (Phi) is 5.87. The Balaban J connectivity index is 1.45. The minimum Gasteiger partial charge on any atom is -0.493 e. The molecule has 5 rings (SSSR count). The average molecular weight is 451 g/mol. The number of nitrogens with zero attached hydrogens (tertiary/aromatic N) is 3. The molecular weight excluding hydrogens is 424 g/mol. The lowest BCUT2D eigenvalue weighted by atomic mass is 10.0. The molecule has 0 aliphatic heterocycles. The van der Waals surface area contributed by atoms with E-state index in [9.17, 15) is 0 Å². The van der Waals surface area contributed by atoms with Crippen molar-refractivity contribution < 1.29 is 9.47 Å². The molecule has 6 nitrogen and oxygen atoms in total. The minimum atomic E-state index is 0.456. The SMILES string of the molecule is CC(C)COc1ccc(-n2nc(N)c3c(-c4ccc(Oc5ccccc5)cc4)cncc32)cc1. The van der Waals surface area contributed by atoms with Crippen LogP contribution in [0.5, 0.6) is 17.2 Å². The van der Waals surface area contributed by atoms with Crippen molar-refractivity contribution in [2.24, 2.45) is 5.92 Å². The van der Waals surface area contributed by atoms with Crippen molar-refractivity contribution in [3.63, 3.8) is 0 Å². The van der Waals surface area contributed by atoms with Crippen molar-refractivity contribution in [1.29, 1.82) is 0 Å². The highest BCUT2D eigenvalue weighted by Crippen LogP contribution is 2.34. The number of rotatable bonds is 7. The van der Waals surface area contributed by atoms with E-state index in [0.29, 0.717) is 18.3 Å². The predicted molar refractivity (Wildman–Crippen MR) is 136 cm³/mol. The molecule has 2 heterocycles. The molecule has 6 heteroatoms. The summed E-state index contributed by atoms with van der Waals surface area (Å²) in [6.45, 7) is 4.93. The van der Waals surface area contributed by atoms with Crippen LogP contribution in [0.15, 0.2) is 91.3 Å². The van der Waals surface area contributed by atoms with E-state index in [0.717, 1.165) is 45.0 Å². The number of pyridine rings is 1. The van der Waals surface area contributed by atoms with Crippen molar-refractivity contribution in [3.8, 4) is 34.1 Å². The van der Waals surface area contributed by atoms with E-state index < -0.39 is 0 Å². The third-order valence-electron chi connectivity index (χ3n) is 5.43. The second-order valence-corrected chi connectivity index (χ2v) is 8.52. The van der Waals surface area contributed by atoms with E-state index >= 15 is 0 Å². The number of hydrogen-bond acceptors (Lipinski definition) is 5. The zero-order valence-electron chi connectivity index (χ0n) is 19.2. The number of anilines is 1. The average Bonchev–Trinajstić information content (AvgIpc) is 3.21. The van der Waals surface area contributed by atoms with Crippen LogP contribution < -0.4 is 15.2 Å². The number of benzene rings is 3. The molecule has 0 spiro atoms. The largest absolute Gasteiger partial charge is 0.493 e. The maximum atomic E-state index is 6.39. The van der Waals surface area contributed by atoms with Crippen molar-refractivity contribution in [2.45, 2.75) is 13.8 Å². The molecule has 0 saturated carbocycles. The minimum absolute atomic E-state index is 0.456. The third kappa shape index (κ3) is 4.43. The van der Waals surface area contributed by atoms with Gasteiger partial charge in [0.15, 0.2) is 5.82 Å². The quantitative estimate of drug-likeness (QED) is 0.306. The van der Waals surface area contributed by atoms with Gasteiger partial charge in [0, 0.05) is 11.8 Å². The van der Waals surface area contributed by atoms with Crippen LogP contribution >= 0.6 is 0 Å². The summed E-state index contributed by atoms with van der Waals surface area (Å²) in [4.78, 5) is 4.47. The summed E-state index contributed by atoms with van der Waals surface area (Å²) in [5, 5.41) is 5.48. The number of nitrogens with two attached hydrogens (primary N) is 1. The number of aromatic nitrogens is 3. The molecule has 0 unspecified atom stereocenters. The predicted octanol–water partition coefficient (Wildman–Crippen LogP) is 6.50. The van der Waals surface area contributed by atoms with Gasteiger partial charge in [-0.1, -0.05) is 44.2 Å². The van der Waals surface area contributed by atoms with Gasteiger partial charge in [-0.05, 0) is 60.0 Å². The van der Waals surface area contributed by atoms with Crippen LogP contribution in [-0.4, -0.2) is 21.4 Å². The van der Waals surface area contributed by atoms with Crippen molar-refractivity contribution in [3.05, 3.63) is 91.3 Å². The van der Waals surface area contributed by atoms with Crippen molar-refractivity contribution in [2.75, 3.05) is 12.3 Å². The molecule has 34 heavy (non-hydrogen) atoms. The van der Waals surface area contributed by atoms with Crippen LogP contribution in [-0.2, 0) is 0 Å². The molecular formula is C28H26N4O2. The molecule has 0 radical (unpaired) electrons. The zero-order chi connectivity index (χ0) is 23.5. The fourth-order valence-electron chi connectivity index (χ4n) is 3.78. The van der Waals surface area contributed by atoms with E-state index in [-0.39, 0.29) is 0 Å². The number of para-hydroxylation sites is 1. The second-order valence-electron chi connectivity index (χ2n) is 8.52. The standard InChI is InChI=1S/C28H26N4O2/c1-19(2)18-33-22-14-10-21(11-15-22)32-26-17-30-16-25(27(26)28(29)31-32)20-8-12-24(13-9-20)34-23-6-4-3-5-7-23/h3-17,19H,18H2,1-2H3,(H2,29,31). The first-order valence-electron chi connectivity index (χ1n) is 11.3. The molecule has 3 aromatic carbocycles. The van der Waals surface area contributed by atoms with Gasteiger partial charge in [0.25, 0.3) is 0 Å². The summed E-state index contributed by atoms with van der Waals surface area (Å²) in [7, 11) is 0. The van der Waals surface area contributed by atoms with Gasteiger partial charge in [0.1, 0.15) is 17.2 Å². The summed E-state index contributed by atoms with van der Waals surface area (Å²) in [5.74, 6) is 3.32. The van der Waals surface area contributed by atoms with Crippen LogP contribution in [0.4, 0.5) is 5.82 Å². The summed E-state index contributed by atoms with van der Waals surface area (Å²) in [5.41, 5.74) is 10.0. The first-order chi connectivity index (χ1) is 16.6. The third-order valence-corrected chi connectivity index (χ3v) is 5.43. The van der Waals surface area contributed by atoms with E-state index in [4.69, 9.17) is 15.2 Å². The summed E-state index contributed by atoms with van der Waals surface area (Å²) >= 11 is 0. The van der Waals surface area contributed by atoms with Crippen LogP contribution in [0.25, 0.3) is 27.7 Å². The molecule has 0 bridgehead atoms. The van der Waals surface area contributed by atoms with Gasteiger partial charge < -0.3 is 15.2 Å². The smallest absolute Gasteiger partial charge is 0.154 e. The second kappa shape index (κ2) is 9.27. The van der Waals surface area contributed by atoms with Crippen LogP contribution in [0.3, 0.4) is 0 Å². The highest BCUT2D eigenvalue weighted by atomic mass is 16.5. The zero-order valence-corrected chi connectivity index (χ0v) is 19.2. The molecule has 170 valence electrons. The highest BCUT2D eigenvalue weighted by molar-refractivity contribution is 6.01. The lowest BCUT2D eigenvalue weighted by molar-refractivity contribution is 0.271. The number of nitrogen functional groups attached to an aromatic ring is 1. The Morgan fingerprint density at radius 2 is 1.50 bits per heavy atom. The molecule has 2 aromatic heterocycles. The molecule has 0 aliphatic rings. The maximum absolute atomic E-state index is 6.39.